The van der Waals surface area contributed by atoms with Gasteiger partial charge in [0.05, 0.1) is 13.1 Å². The highest BCUT2D eigenvalue weighted by molar-refractivity contribution is 5.93. The maximum Gasteiger partial charge on any atom is 0.317 e. The van der Waals surface area contributed by atoms with Gasteiger partial charge < -0.3 is 37.4 Å². The summed E-state index contributed by atoms with van der Waals surface area (Å²) in [6.45, 7) is 3.12. The number of Topliss-reactive ketones (excluding diaryl/α,β-unsaturated/α-hetero) is 1. The van der Waals surface area contributed by atoms with Crippen molar-refractivity contribution in [3.8, 4) is 0 Å². The first-order chi connectivity index (χ1) is 10.7. The van der Waals surface area contributed by atoms with E-state index in [0.29, 0.717) is 26.2 Å². The summed E-state index contributed by atoms with van der Waals surface area (Å²) in [6.07, 6.45) is -0.361. The zero-order valence-electron chi connectivity index (χ0n) is 13.1. The fraction of sp³-hybridized carbons (Fsp3) is 0.667. The van der Waals surface area contributed by atoms with Gasteiger partial charge in [-0.05, 0) is 6.92 Å². The number of carbonyl (C=O) groups is 4. The van der Waals surface area contributed by atoms with E-state index in [1.54, 1.807) is 0 Å². The van der Waals surface area contributed by atoms with Crippen LogP contribution in [0.15, 0.2) is 0 Å². The largest absolute Gasteiger partial charge is 0.481 e. The molecule has 0 aromatic carbocycles. The minimum Gasteiger partial charge on any atom is -0.481 e. The molecular formula is C12H26N4O7. The van der Waals surface area contributed by atoms with Crippen molar-refractivity contribution < 1.29 is 34.5 Å². The highest BCUT2D eigenvalue weighted by Crippen LogP contribution is 1.77. The molecule has 11 heteroatoms. The number of carbonyl (C=O) groups excluding carboxylic acids is 1. The molecule has 0 heterocycles. The van der Waals surface area contributed by atoms with E-state index in [2.05, 4.69) is 10.6 Å². The Morgan fingerprint density at radius 3 is 1.26 bits per heavy atom. The number of ketones is 1. The van der Waals surface area contributed by atoms with Gasteiger partial charge in [0.1, 0.15) is 12.2 Å². The van der Waals surface area contributed by atoms with Crippen LogP contribution in [0, 0.1) is 0 Å². The van der Waals surface area contributed by atoms with E-state index in [1.165, 1.54) is 6.92 Å². The monoisotopic (exact) mass is 338 g/mol. The second-order valence-electron chi connectivity index (χ2n) is 3.99. The molecular weight excluding hydrogens is 312 g/mol. The van der Waals surface area contributed by atoms with Crippen LogP contribution in [0.1, 0.15) is 13.3 Å². The fourth-order valence-electron chi connectivity index (χ4n) is 0.780. The Kier molecular flexibility index (Phi) is 22.4. The molecule has 0 fully saturated rings. The number of carboxylic acid groups (broad SMARTS) is 3. The van der Waals surface area contributed by atoms with Gasteiger partial charge in [0.15, 0.2) is 0 Å². The van der Waals surface area contributed by atoms with Crippen molar-refractivity contribution in [2.45, 2.75) is 13.3 Å². The number of hydrogen-bond acceptors (Lipinski definition) is 8. The van der Waals surface area contributed by atoms with Crippen LogP contribution in [0.3, 0.4) is 0 Å². The van der Waals surface area contributed by atoms with E-state index >= 15 is 0 Å². The molecule has 136 valence electrons. The summed E-state index contributed by atoms with van der Waals surface area (Å²) in [5.74, 6) is -3.22. The highest BCUT2D eigenvalue weighted by atomic mass is 16.4. The Morgan fingerprint density at radius 1 is 0.783 bits per heavy atom. The van der Waals surface area contributed by atoms with E-state index in [4.69, 9.17) is 26.8 Å². The maximum atomic E-state index is 9.96. The van der Waals surface area contributed by atoms with Crippen LogP contribution in [-0.2, 0) is 19.2 Å². The van der Waals surface area contributed by atoms with Crippen molar-refractivity contribution >= 4 is 23.7 Å². The Hall–Kier alpha value is -2.08. The summed E-state index contributed by atoms with van der Waals surface area (Å²) < 4.78 is 0. The van der Waals surface area contributed by atoms with Crippen molar-refractivity contribution in [3.63, 3.8) is 0 Å². The highest BCUT2D eigenvalue weighted by Gasteiger charge is 1.98. The predicted octanol–water partition coefficient (Wildman–Crippen LogP) is -2.71. The molecule has 0 spiro atoms. The van der Waals surface area contributed by atoms with E-state index in [0.717, 1.165) is 0 Å². The summed E-state index contributed by atoms with van der Waals surface area (Å²) in [7, 11) is 0. The quantitative estimate of drug-likeness (QED) is 0.161. The molecule has 11 nitrogen and oxygen atoms in total. The normalized spacial score (nSPS) is 8.83. The molecule has 0 aromatic heterocycles. The smallest absolute Gasteiger partial charge is 0.317 e. The van der Waals surface area contributed by atoms with E-state index in [-0.39, 0.29) is 25.3 Å². The Bertz CT molecular complexity index is 318. The second-order valence-corrected chi connectivity index (χ2v) is 3.99. The first kappa shape index (κ1) is 25.9. The first-order valence-electron chi connectivity index (χ1n) is 6.63. The molecule has 0 amide bonds. The number of rotatable bonds is 10. The van der Waals surface area contributed by atoms with Gasteiger partial charge in [-0.1, -0.05) is 0 Å². The minimum atomic E-state index is -1.06. The third-order valence-electron chi connectivity index (χ3n) is 1.60. The SMILES string of the molecule is CC(=O)CC(=O)O.NCCN.O=C(O)CNCCNCC(=O)O. The molecule has 9 N–H and O–H groups in total. The number of hydrogen-bond donors (Lipinski definition) is 7. The van der Waals surface area contributed by atoms with Crippen molar-refractivity contribution in [3.05, 3.63) is 0 Å². The molecule has 23 heavy (non-hydrogen) atoms. The number of nitrogens with two attached hydrogens (primary N) is 2. The lowest BCUT2D eigenvalue weighted by Crippen LogP contribution is -2.33. The van der Waals surface area contributed by atoms with Gasteiger partial charge in [-0.2, -0.15) is 0 Å². The summed E-state index contributed by atoms with van der Waals surface area (Å²) >= 11 is 0. The van der Waals surface area contributed by atoms with E-state index < -0.39 is 17.9 Å². The molecule has 0 radical (unpaired) electrons. The molecule has 0 aliphatic heterocycles. The van der Waals surface area contributed by atoms with Crippen molar-refractivity contribution in [2.24, 2.45) is 11.5 Å². The van der Waals surface area contributed by atoms with Gasteiger partial charge in [0.25, 0.3) is 0 Å². The van der Waals surface area contributed by atoms with Crippen molar-refractivity contribution in [1.82, 2.24) is 10.6 Å². The van der Waals surface area contributed by atoms with Crippen LogP contribution in [0.25, 0.3) is 0 Å². The Labute approximate surface area is 134 Å². The summed E-state index contributed by atoms with van der Waals surface area (Å²) in [5, 5.41) is 29.4. The molecule has 0 rings (SSSR count). The summed E-state index contributed by atoms with van der Waals surface area (Å²) in [4.78, 5) is 39.4. The lowest BCUT2D eigenvalue weighted by molar-refractivity contribution is -0.140. The molecule has 0 saturated heterocycles. The van der Waals surface area contributed by atoms with Gasteiger partial charge >= 0.3 is 17.9 Å². The average Bonchev–Trinajstić information content (AvgIpc) is 2.41. The van der Waals surface area contributed by atoms with Crippen LogP contribution in [0.2, 0.25) is 0 Å². The van der Waals surface area contributed by atoms with E-state index in [1.807, 2.05) is 0 Å². The van der Waals surface area contributed by atoms with Gasteiger partial charge in [-0.3, -0.25) is 19.2 Å². The number of aliphatic carboxylic acids is 3. The van der Waals surface area contributed by atoms with Gasteiger partial charge in [0.2, 0.25) is 0 Å². The number of nitrogens with one attached hydrogen (secondary N) is 2. The molecule has 0 aliphatic rings. The lowest BCUT2D eigenvalue weighted by atomic mass is 10.3. The third kappa shape index (κ3) is 45.0. The fourth-order valence-corrected chi connectivity index (χ4v) is 0.780. The van der Waals surface area contributed by atoms with Gasteiger partial charge in [-0.25, -0.2) is 0 Å². The van der Waals surface area contributed by atoms with Crippen LogP contribution < -0.4 is 22.1 Å². The first-order valence-corrected chi connectivity index (χ1v) is 6.63. The topological polar surface area (TPSA) is 205 Å². The summed E-state index contributed by atoms with van der Waals surface area (Å²) in [5.41, 5.74) is 9.81. The third-order valence-corrected chi connectivity index (χ3v) is 1.60. The van der Waals surface area contributed by atoms with Crippen molar-refractivity contribution in [2.75, 3.05) is 39.3 Å². The minimum absolute atomic E-state index is 0.102. The predicted molar refractivity (Wildman–Crippen MR) is 82.1 cm³/mol. The van der Waals surface area contributed by atoms with Gasteiger partial charge in [-0.15, -0.1) is 0 Å². The lowest BCUT2D eigenvalue weighted by Gasteiger charge is -2.01. The van der Waals surface area contributed by atoms with Crippen LogP contribution >= 0.6 is 0 Å². The van der Waals surface area contributed by atoms with Crippen LogP contribution in [0.4, 0.5) is 0 Å². The van der Waals surface area contributed by atoms with Crippen molar-refractivity contribution in [1.29, 1.82) is 0 Å². The molecule has 0 unspecified atom stereocenters. The zero-order valence-corrected chi connectivity index (χ0v) is 13.1. The van der Waals surface area contributed by atoms with Crippen LogP contribution in [-0.4, -0.2) is 78.3 Å². The molecule has 0 aliphatic carbocycles. The second kappa shape index (κ2) is 19.9. The Balaban J connectivity index is -0.000000307. The zero-order chi connectivity index (χ0) is 18.7. The Morgan fingerprint density at radius 2 is 1.13 bits per heavy atom. The van der Waals surface area contributed by atoms with E-state index in [9.17, 15) is 19.2 Å². The molecule has 0 atom stereocenters. The molecule has 0 bridgehead atoms. The number of carboxylic acids is 3. The molecule has 0 saturated carbocycles. The van der Waals surface area contributed by atoms with Gasteiger partial charge in [0, 0.05) is 26.2 Å². The maximum absolute atomic E-state index is 9.96. The standard InChI is InChI=1S/C6H12N2O4.C4H6O3.C2H8N2/c9-5(10)3-7-1-2-8-4-6(11)12;1-3(5)2-4(6)7;3-1-2-4/h7-8H,1-4H2,(H,9,10)(H,11,12);2H2,1H3,(H,6,7);1-4H2. The molecule has 0 aromatic rings. The average molecular weight is 338 g/mol. The van der Waals surface area contributed by atoms with Crippen LogP contribution in [0.5, 0.6) is 0 Å². The summed E-state index contributed by atoms with van der Waals surface area (Å²) in [6, 6.07) is 0.